The van der Waals surface area contributed by atoms with Crippen LogP contribution in [0, 0.1) is 5.82 Å². The van der Waals surface area contributed by atoms with Crippen LogP contribution in [0.4, 0.5) is 15.8 Å². The first-order valence-electron chi connectivity index (χ1n) is 8.20. The van der Waals surface area contributed by atoms with Crippen molar-refractivity contribution in [2.24, 2.45) is 10.3 Å². The van der Waals surface area contributed by atoms with Crippen molar-refractivity contribution in [3.63, 3.8) is 0 Å². The minimum absolute atomic E-state index is 0.285. The molecule has 2 aliphatic rings. The molecule has 2 unspecified atom stereocenters. The number of para-hydroxylation sites is 1. The van der Waals surface area contributed by atoms with Crippen LogP contribution in [0.2, 0.25) is 0 Å². The molecule has 136 valence electrons. The number of imide groups is 1. The number of carbonyl (C=O) groups is 3. The second-order valence-electron chi connectivity index (χ2n) is 6.10. The highest BCUT2D eigenvalue weighted by atomic mass is 19.1. The Labute approximate surface area is 153 Å². The van der Waals surface area contributed by atoms with Crippen LogP contribution in [0.25, 0.3) is 0 Å². The quantitative estimate of drug-likeness (QED) is 0.833. The van der Waals surface area contributed by atoms with Gasteiger partial charge >= 0.3 is 0 Å². The molecule has 2 aromatic carbocycles. The smallest absolute Gasteiger partial charge is 0.263 e. The Bertz CT molecular complexity index is 949. The Morgan fingerprint density at radius 2 is 1.85 bits per heavy atom. The molecule has 1 fully saturated rings. The zero-order valence-corrected chi connectivity index (χ0v) is 13.9. The van der Waals surface area contributed by atoms with Crippen LogP contribution in [0.15, 0.2) is 64.9 Å². The molecule has 2 aromatic rings. The predicted molar refractivity (Wildman–Crippen MR) is 93.1 cm³/mol. The molecule has 3 amide bonds. The second-order valence-corrected chi connectivity index (χ2v) is 6.10. The molecule has 0 bridgehead atoms. The fourth-order valence-electron chi connectivity index (χ4n) is 3.10. The summed E-state index contributed by atoms with van der Waals surface area (Å²) in [6, 6.07) is 12.0. The number of hydrogen-bond donors (Lipinski definition) is 1. The van der Waals surface area contributed by atoms with Gasteiger partial charge in [-0.15, -0.1) is 0 Å². The highest BCUT2D eigenvalue weighted by Crippen LogP contribution is 2.31. The zero-order chi connectivity index (χ0) is 19.0. The highest BCUT2D eigenvalue weighted by Gasteiger charge is 2.55. The number of carbonyl (C=O) groups excluding carboxylic acids is 3. The fourth-order valence-corrected chi connectivity index (χ4v) is 3.10. The Morgan fingerprint density at radius 1 is 1.07 bits per heavy atom. The average molecular weight is 367 g/mol. The van der Waals surface area contributed by atoms with E-state index in [1.807, 2.05) is 0 Å². The second kappa shape index (κ2) is 6.60. The van der Waals surface area contributed by atoms with Crippen molar-refractivity contribution < 1.29 is 18.8 Å². The van der Waals surface area contributed by atoms with Gasteiger partial charge < -0.3 is 5.32 Å². The van der Waals surface area contributed by atoms with Gasteiger partial charge in [0.25, 0.3) is 11.8 Å². The summed E-state index contributed by atoms with van der Waals surface area (Å²) in [5.74, 6) is -1.95. The first-order chi connectivity index (χ1) is 13.0. The lowest BCUT2D eigenvalue weighted by molar-refractivity contribution is -0.123. The van der Waals surface area contributed by atoms with Crippen molar-refractivity contribution in [3.8, 4) is 0 Å². The van der Waals surface area contributed by atoms with Gasteiger partial charge in [0.15, 0.2) is 12.1 Å². The van der Waals surface area contributed by atoms with Crippen molar-refractivity contribution in [2.75, 3.05) is 16.8 Å². The molecule has 0 aromatic heterocycles. The summed E-state index contributed by atoms with van der Waals surface area (Å²) in [6.45, 7) is -0.289. The van der Waals surface area contributed by atoms with Crippen LogP contribution in [0.1, 0.15) is 0 Å². The molecule has 27 heavy (non-hydrogen) atoms. The summed E-state index contributed by atoms with van der Waals surface area (Å²) < 4.78 is 13.2. The Kier molecular flexibility index (Phi) is 4.11. The van der Waals surface area contributed by atoms with Crippen molar-refractivity contribution in [1.82, 2.24) is 5.01 Å². The maximum absolute atomic E-state index is 13.2. The first-order valence-corrected chi connectivity index (χ1v) is 8.20. The Morgan fingerprint density at radius 3 is 2.59 bits per heavy atom. The maximum Gasteiger partial charge on any atom is 0.263 e. The molecule has 2 atom stereocenters. The molecule has 8 nitrogen and oxygen atoms in total. The monoisotopic (exact) mass is 367 g/mol. The molecule has 4 rings (SSSR count). The van der Waals surface area contributed by atoms with Crippen molar-refractivity contribution in [3.05, 3.63) is 60.4 Å². The number of benzene rings is 2. The van der Waals surface area contributed by atoms with Crippen LogP contribution in [0.3, 0.4) is 0 Å². The molecule has 2 heterocycles. The number of anilines is 2. The third-order valence-electron chi connectivity index (χ3n) is 4.29. The maximum atomic E-state index is 13.2. The van der Waals surface area contributed by atoms with Gasteiger partial charge in [-0.1, -0.05) is 29.5 Å². The number of halogens is 1. The minimum Gasteiger partial charge on any atom is -0.324 e. The topological polar surface area (TPSA) is 94.4 Å². The van der Waals surface area contributed by atoms with E-state index in [-0.39, 0.29) is 12.2 Å². The van der Waals surface area contributed by atoms with Crippen LogP contribution in [0.5, 0.6) is 0 Å². The number of nitrogens with one attached hydrogen (secondary N) is 1. The number of nitrogens with zero attached hydrogens (tertiary/aromatic N) is 4. The normalized spacial score (nSPS) is 20.9. The first kappa shape index (κ1) is 16.8. The molecule has 0 aliphatic carbocycles. The van der Waals surface area contributed by atoms with Gasteiger partial charge in [-0.2, -0.15) is 5.11 Å². The fraction of sp³-hybridized carbons (Fsp3) is 0.167. The SMILES string of the molecule is O=C(CN1N=NC2C(=O)N(c3ccccc3)C(=O)C21)Nc1cccc(F)c1. The molecule has 1 saturated heterocycles. The van der Waals surface area contributed by atoms with Gasteiger partial charge in [0, 0.05) is 5.69 Å². The lowest BCUT2D eigenvalue weighted by Crippen LogP contribution is -2.43. The molecular formula is C18H14FN5O3. The molecule has 0 saturated carbocycles. The summed E-state index contributed by atoms with van der Waals surface area (Å²) >= 11 is 0. The molecule has 0 radical (unpaired) electrons. The molecule has 2 aliphatic heterocycles. The number of hydrogen-bond acceptors (Lipinski definition) is 6. The van der Waals surface area contributed by atoms with Crippen LogP contribution >= 0.6 is 0 Å². The van der Waals surface area contributed by atoms with Crippen LogP contribution in [-0.4, -0.2) is 41.4 Å². The van der Waals surface area contributed by atoms with Gasteiger partial charge in [0.1, 0.15) is 12.4 Å². The summed E-state index contributed by atoms with van der Waals surface area (Å²) in [4.78, 5) is 38.6. The van der Waals surface area contributed by atoms with E-state index in [1.165, 1.54) is 29.3 Å². The summed E-state index contributed by atoms with van der Waals surface area (Å²) in [5, 5.41) is 11.4. The van der Waals surface area contributed by atoms with E-state index in [9.17, 15) is 18.8 Å². The number of rotatable bonds is 4. The molecule has 0 spiro atoms. The van der Waals surface area contributed by atoms with Crippen LogP contribution < -0.4 is 10.2 Å². The van der Waals surface area contributed by atoms with E-state index >= 15 is 0 Å². The van der Waals surface area contributed by atoms with Gasteiger partial charge in [-0.3, -0.25) is 19.4 Å². The van der Waals surface area contributed by atoms with E-state index in [0.717, 1.165) is 4.90 Å². The van der Waals surface area contributed by atoms with Gasteiger partial charge in [0.2, 0.25) is 5.91 Å². The third kappa shape index (κ3) is 3.03. The van der Waals surface area contributed by atoms with E-state index in [2.05, 4.69) is 15.7 Å². The minimum atomic E-state index is -0.973. The standard InChI is InChI=1S/C18H14FN5O3/c19-11-5-4-6-12(9-11)20-14(25)10-23-16-15(21-22-23)17(26)24(18(16)27)13-7-2-1-3-8-13/h1-9,15-16H,10H2,(H,20,25). The summed E-state index contributed by atoms with van der Waals surface area (Å²) in [7, 11) is 0. The van der Waals surface area contributed by atoms with Crippen molar-refractivity contribution >= 4 is 29.1 Å². The number of amides is 3. The van der Waals surface area contributed by atoms with Gasteiger partial charge in [-0.05, 0) is 30.3 Å². The third-order valence-corrected chi connectivity index (χ3v) is 4.29. The summed E-state index contributed by atoms with van der Waals surface area (Å²) in [5.41, 5.74) is 0.730. The largest absolute Gasteiger partial charge is 0.324 e. The molecular weight excluding hydrogens is 353 g/mol. The lowest BCUT2D eigenvalue weighted by Gasteiger charge is -2.20. The molecule has 1 N–H and O–H groups in total. The van der Waals surface area contributed by atoms with E-state index in [4.69, 9.17) is 0 Å². The molecule has 9 heteroatoms. The van der Waals surface area contributed by atoms with E-state index in [0.29, 0.717) is 5.69 Å². The van der Waals surface area contributed by atoms with Crippen molar-refractivity contribution in [2.45, 2.75) is 12.1 Å². The van der Waals surface area contributed by atoms with E-state index < -0.39 is 35.6 Å². The van der Waals surface area contributed by atoms with Gasteiger partial charge in [-0.25, -0.2) is 9.29 Å². The lowest BCUT2D eigenvalue weighted by atomic mass is 10.1. The van der Waals surface area contributed by atoms with E-state index in [1.54, 1.807) is 30.3 Å². The number of fused-ring (bicyclic) bond motifs is 1. The zero-order valence-electron chi connectivity index (χ0n) is 13.9. The average Bonchev–Trinajstić information content (AvgIpc) is 3.16. The van der Waals surface area contributed by atoms with Crippen molar-refractivity contribution in [1.29, 1.82) is 0 Å². The summed E-state index contributed by atoms with van der Waals surface area (Å²) in [6.07, 6.45) is 0. The Hall–Kier alpha value is -3.62. The van der Waals surface area contributed by atoms with Crippen LogP contribution in [-0.2, 0) is 14.4 Å². The Balaban J connectivity index is 1.48. The highest BCUT2D eigenvalue weighted by molar-refractivity contribution is 6.25. The van der Waals surface area contributed by atoms with Gasteiger partial charge in [0.05, 0.1) is 5.69 Å². The predicted octanol–water partition coefficient (Wildman–Crippen LogP) is 1.76.